The minimum atomic E-state index is 0.193. The third kappa shape index (κ3) is 3.53. The molecule has 0 spiro atoms. The summed E-state index contributed by atoms with van der Waals surface area (Å²) in [7, 11) is 1.65. The highest BCUT2D eigenvalue weighted by atomic mass is 32.2. The smallest absolute Gasteiger partial charge is 0.232 e. The minimum Gasteiger partial charge on any atom is -0.497 e. The average molecular weight is 368 g/mol. The molecule has 1 fully saturated rings. The summed E-state index contributed by atoms with van der Waals surface area (Å²) >= 11 is 1.47. The van der Waals surface area contributed by atoms with Crippen LogP contribution in [0.1, 0.15) is 12.8 Å². The van der Waals surface area contributed by atoms with E-state index in [9.17, 15) is 4.79 Å². The second kappa shape index (κ2) is 7.37. The monoisotopic (exact) mass is 368 g/mol. The Balaban J connectivity index is 1.49. The number of hydrogen-bond donors (Lipinski definition) is 0. The fourth-order valence-electron chi connectivity index (χ4n) is 3.04. The summed E-state index contributed by atoms with van der Waals surface area (Å²) in [6.07, 6.45) is 4.14. The predicted molar refractivity (Wildman–Crippen MR) is 102 cm³/mol. The molecule has 0 atom stereocenters. The SMILES string of the molecule is COc1ccc(-c2cn3nc(SCC(=O)N4CCCC4)ccc3n2)cc1. The van der Waals surface area contributed by atoms with Gasteiger partial charge in [0.1, 0.15) is 10.8 Å². The number of ether oxygens (including phenoxy) is 1. The summed E-state index contributed by atoms with van der Waals surface area (Å²) in [5, 5.41) is 5.40. The van der Waals surface area contributed by atoms with Gasteiger partial charge in [0.25, 0.3) is 0 Å². The lowest BCUT2D eigenvalue weighted by Crippen LogP contribution is -2.29. The number of thioether (sulfide) groups is 1. The van der Waals surface area contributed by atoms with Gasteiger partial charge in [-0.15, -0.1) is 0 Å². The first-order chi connectivity index (χ1) is 12.7. The molecule has 26 heavy (non-hydrogen) atoms. The summed E-state index contributed by atoms with van der Waals surface area (Å²) in [4.78, 5) is 18.7. The van der Waals surface area contributed by atoms with E-state index in [4.69, 9.17) is 4.74 Å². The van der Waals surface area contributed by atoms with E-state index in [1.54, 1.807) is 11.6 Å². The summed E-state index contributed by atoms with van der Waals surface area (Å²) in [5.74, 6) is 1.44. The number of methoxy groups -OCH3 is 1. The van der Waals surface area contributed by atoms with Gasteiger partial charge in [-0.3, -0.25) is 4.79 Å². The van der Waals surface area contributed by atoms with Crippen LogP contribution in [0.15, 0.2) is 47.6 Å². The first-order valence-electron chi connectivity index (χ1n) is 8.64. The van der Waals surface area contributed by atoms with E-state index in [2.05, 4.69) is 10.1 Å². The Bertz CT molecular complexity index is 917. The number of rotatable bonds is 5. The van der Waals surface area contributed by atoms with E-state index in [1.807, 2.05) is 47.5 Å². The average Bonchev–Trinajstić information content (AvgIpc) is 3.35. The Labute approximate surface area is 156 Å². The highest BCUT2D eigenvalue weighted by Crippen LogP contribution is 2.23. The molecule has 6 nitrogen and oxygen atoms in total. The molecular formula is C19H20N4O2S. The van der Waals surface area contributed by atoms with Crippen LogP contribution in [0.2, 0.25) is 0 Å². The molecule has 1 aliphatic heterocycles. The number of aromatic nitrogens is 3. The molecule has 0 radical (unpaired) electrons. The second-order valence-electron chi connectivity index (χ2n) is 6.21. The number of likely N-dealkylation sites (tertiary alicyclic amines) is 1. The van der Waals surface area contributed by atoms with Gasteiger partial charge >= 0.3 is 0 Å². The first-order valence-corrected chi connectivity index (χ1v) is 9.63. The van der Waals surface area contributed by atoms with Gasteiger partial charge in [-0.1, -0.05) is 11.8 Å². The molecule has 0 bridgehead atoms. The van der Waals surface area contributed by atoms with Crippen molar-refractivity contribution < 1.29 is 9.53 Å². The van der Waals surface area contributed by atoms with Crippen molar-refractivity contribution in [2.24, 2.45) is 0 Å². The Morgan fingerprint density at radius 1 is 1.15 bits per heavy atom. The van der Waals surface area contributed by atoms with Crippen molar-refractivity contribution >= 4 is 23.3 Å². The van der Waals surface area contributed by atoms with Crippen molar-refractivity contribution in [3.8, 4) is 17.0 Å². The molecule has 4 rings (SSSR count). The largest absolute Gasteiger partial charge is 0.497 e. The zero-order valence-corrected chi connectivity index (χ0v) is 15.4. The Morgan fingerprint density at radius 3 is 2.65 bits per heavy atom. The van der Waals surface area contributed by atoms with Gasteiger partial charge in [0.05, 0.1) is 24.8 Å². The maximum Gasteiger partial charge on any atom is 0.232 e. The molecule has 134 valence electrons. The van der Waals surface area contributed by atoms with E-state index < -0.39 is 0 Å². The van der Waals surface area contributed by atoms with Gasteiger partial charge < -0.3 is 9.64 Å². The van der Waals surface area contributed by atoms with E-state index in [-0.39, 0.29) is 5.91 Å². The standard InChI is InChI=1S/C19H20N4O2S/c1-25-15-6-4-14(5-7-15)16-12-23-17(20-16)8-9-18(21-23)26-13-19(24)22-10-2-3-11-22/h4-9,12H,2-3,10-11,13H2,1H3. The Hall–Kier alpha value is -2.54. The van der Waals surface area contributed by atoms with Crippen LogP contribution >= 0.6 is 11.8 Å². The maximum atomic E-state index is 12.2. The lowest BCUT2D eigenvalue weighted by atomic mass is 10.2. The van der Waals surface area contributed by atoms with E-state index >= 15 is 0 Å². The summed E-state index contributed by atoms with van der Waals surface area (Å²) < 4.78 is 6.96. The van der Waals surface area contributed by atoms with Gasteiger partial charge in [0.2, 0.25) is 5.91 Å². The molecule has 1 aromatic carbocycles. The van der Waals surface area contributed by atoms with Crippen LogP contribution in [0.3, 0.4) is 0 Å². The molecule has 7 heteroatoms. The van der Waals surface area contributed by atoms with Crippen molar-refractivity contribution in [1.29, 1.82) is 0 Å². The van der Waals surface area contributed by atoms with E-state index in [0.29, 0.717) is 5.75 Å². The molecule has 3 aromatic rings. The molecule has 0 N–H and O–H groups in total. The highest BCUT2D eigenvalue weighted by molar-refractivity contribution is 7.99. The topological polar surface area (TPSA) is 59.7 Å². The summed E-state index contributed by atoms with van der Waals surface area (Å²) in [6.45, 7) is 1.77. The number of benzene rings is 1. The van der Waals surface area contributed by atoms with Crippen LogP contribution in [0.25, 0.3) is 16.9 Å². The van der Waals surface area contributed by atoms with E-state index in [1.165, 1.54) is 11.8 Å². The maximum absolute atomic E-state index is 12.2. The lowest BCUT2D eigenvalue weighted by molar-refractivity contribution is -0.127. The number of nitrogens with zero attached hydrogens (tertiary/aromatic N) is 4. The second-order valence-corrected chi connectivity index (χ2v) is 7.20. The van der Waals surface area contributed by atoms with Crippen LogP contribution < -0.4 is 4.74 Å². The Kier molecular flexibility index (Phi) is 4.79. The van der Waals surface area contributed by atoms with Crippen LogP contribution in [0.5, 0.6) is 5.75 Å². The zero-order valence-electron chi connectivity index (χ0n) is 14.6. The number of carbonyl (C=O) groups is 1. The van der Waals surface area contributed by atoms with Crippen molar-refractivity contribution in [3.63, 3.8) is 0 Å². The van der Waals surface area contributed by atoms with Crippen LogP contribution in [0, 0.1) is 0 Å². The quantitative estimate of drug-likeness (QED) is 0.648. The van der Waals surface area contributed by atoms with Crippen LogP contribution in [-0.2, 0) is 4.79 Å². The zero-order chi connectivity index (χ0) is 17.9. The molecule has 1 saturated heterocycles. The minimum absolute atomic E-state index is 0.193. The molecule has 1 amide bonds. The number of fused-ring (bicyclic) bond motifs is 1. The molecule has 3 heterocycles. The highest BCUT2D eigenvalue weighted by Gasteiger charge is 2.18. The fraction of sp³-hybridized carbons (Fsp3) is 0.316. The van der Waals surface area contributed by atoms with Gasteiger partial charge in [-0.25, -0.2) is 9.50 Å². The Morgan fingerprint density at radius 2 is 1.92 bits per heavy atom. The lowest BCUT2D eigenvalue weighted by Gasteiger charge is -2.14. The number of carbonyl (C=O) groups excluding carboxylic acids is 1. The van der Waals surface area contributed by atoms with Crippen molar-refractivity contribution in [1.82, 2.24) is 19.5 Å². The van der Waals surface area contributed by atoms with Gasteiger partial charge in [-0.2, -0.15) is 5.10 Å². The summed E-state index contributed by atoms with van der Waals surface area (Å²) in [5.41, 5.74) is 2.65. The van der Waals surface area contributed by atoms with Gasteiger partial charge in [0.15, 0.2) is 5.65 Å². The van der Waals surface area contributed by atoms with Crippen LogP contribution in [-0.4, -0.2) is 51.4 Å². The van der Waals surface area contributed by atoms with Gasteiger partial charge in [0, 0.05) is 18.7 Å². The first kappa shape index (κ1) is 16.9. The van der Waals surface area contributed by atoms with Crippen molar-refractivity contribution in [2.45, 2.75) is 17.9 Å². The molecule has 1 aliphatic rings. The molecule has 0 unspecified atom stereocenters. The molecule has 0 aliphatic carbocycles. The number of amides is 1. The molecule has 2 aromatic heterocycles. The molecule has 0 saturated carbocycles. The third-order valence-electron chi connectivity index (χ3n) is 4.48. The number of hydrogen-bond acceptors (Lipinski definition) is 5. The van der Waals surface area contributed by atoms with Gasteiger partial charge in [-0.05, 0) is 49.2 Å². The van der Waals surface area contributed by atoms with Crippen LogP contribution in [0.4, 0.5) is 0 Å². The third-order valence-corrected chi connectivity index (χ3v) is 5.39. The predicted octanol–water partition coefficient (Wildman–Crippen LogP) is 3.12. The normalized spacial score (nSPS) is 14.1. The number of imidazole rings is 1. The van der Waals surface area contributed by atoms with Crippen molar-refractivity contribution in [2.75, 3.05) is 26.0 Å². The van der Waals surface area contributed by atoms with E-state index in [0.717, 1.165) is 53.6 Å². The van der Waals surface area contributed by atoms with Crippen molar-refractivity contribution in [3.05, 3.63) is 42.6 Å². The molecular weight excluding hydrogens is 348 g/mol. The summed E-state index contributed by atoms with van der Waals surface area (Å²) in [6, 6.07) is 11.6. The fourth-order valence-corrected chi connectivity index (χ4v) is 3.80.